The maximum Gasteiger partial charge on any atom is 0.185 e. The lowest BCUT2D eigenvalue weighted by molar-refractivity contribution is 0.104. The monoisotopic (exact) mass is 256 g/mol. The summed E-state index contributed by atoms with van der Waals surface area (Å²) in [4.78, 5) is 11.9. The van der Waals surface area contributed by atoms with Gasteiger partial charge in [0.2, 0.25) is 0 Å². The average molecular weight is 256 g/mol. The summed E-state index contributed by atoms with van der Waals surface area (Å²) in [5.74, 6) is -0.0471. The summed E-state index contributed by atoms with van der Waals surface area (Å²) in [5, 5.41) is 13.5. The first kappa shape index (κ1) is 13.1. The van der Waals surface area contributed by atoms with Crippen LogP contribution in [-0.2, 0) is 6.54 Å². The maximum absolute atomic E-state index is 11.9. The Hall–Kier alpha value is -2.36. The highest BCUT2D eigenvalue weighted by Crippen LogP contribution is 2.12. The predicted molar refractivity (Wildman–Crippen MR) is 74.0 cm³/mol. The van der Waals surface area contributed by atoms with E-state index in [0.717, 1.165) is 18.5 Å². The van der Waals surface area contributed by atoms with Gasteiger partial charge in [-0.25, -0.2) is 0 Å². The van der Waals surface area contributed by atoms with Crippen LogP contribution in [0.3, 0.4) is 0 Å². The van der Waals surface area contributed by atoms with Crippen molar-refractivity contribution in [2.45, 2.75) is 19.9 Å². The van der Waals surface area contributed by atoms with Gasteiger partial charge in [0, 0.05) is 23.9 Å². The van der Waals surface area contributed by atoms with Crippen LogP contribution >= 0.6 is 0 Å². The Labute approximate surface area is 112 Å². The van der Waals surface area contributed by atoms with E-state index in [4.69, 9.17) is 0 Å². The van der Waals surface area contributed by atoms with Crippen LogP contribution in [0.5, 0.6) is 5.75 Å². The van der Waals surface area contributed by atoms with Crippen LogP contribution in [0.1, 0.15) is 29.3 Å². The quantitative estimate of drug-likeness (QED) is 0.661. The molecule has 0 atom stereocenters. The molecular weight excluding hydrogens is 240 g/mol. The fourth-order valence-corrected chi connectivity index (χ4v) is 1.74. The Morgan fingerprint density at radius 1 is 1.47 bits per heavy atom. The Morgan fingerprint density at radius 3 is 3.05 bits per heavy atom. The van der Waals surface area contributed by atoms with Crippen LogP contribution in [0.4, 0.5) is 0 Å². The molecule has 0 aliphatic heterocycles. The Kier molecular flexibility index (Phi) is 4.13. The van der Waals surface area contributed by atoms with E-state index in [9.17, 15) is 9.90 Å². The number of ketones is 1. The Morgan fingerprint density at radius 2 is 2.32 bits per heavy atom. The molecule has 98 valence electrons. The minimum Gasteiger partial charge on any atom is -0.508 e. The van der Waals surface area contributed by atoms with Crippen molar-refractivity contribution in [3.05, 3.63) is 53.9 Å². The molecule has 0 unspecified atom stereocenters. The molecule has 0 radical (unpaired) electrons. The van der Waals surface area contributed by atoms with Crippen molar-refractivity contribution in [2.75, 3.05) is 0 Å². The zero-order valence-corrected chi connectivity index (χ0v) is 10.8. The molecule has 4 heteroatoms. The molecule has 0 bridgehead atoms. The van der Waals surface area contributed by atoms with E-state index in [0.29, 0.717) is 5.56 Å². The molecule has 1 N–H and O–H groups in total. The van der Waals surface area contributed by atoms with E-state index in [-0.39, 0.29) is 11.5 Å². The van der Waals surface area contributed by atoms with Gasteiger partial charge >= 0.3 is 0 Å². The molecule has 1 aromatic carbocycles. The number of rotatable bonds is 5. The van der Waals surface area contributed by atoms with E-state index in [2.05, 4.69) is 12.0 Å². The second kappa shape index (κ2) is 6.00. The van der Waals surface area contributed by atoms with Crippen LogP contribution in [0.25, 0.3) is 6.08 Å². The number of nitrogens with zero attached hydrogens (tertiary/aromatic N) is 2. The summed E-state index contributed by atoms with van der Waals surface area (Å²) in [7, 11) is 0. The zero-order valence-electron chi connectivity index (χ0n) is 10.8. The molecule has 2 rings (SSSR count). The lowest BCUT2D eigenvalue weighted by Gasteiger charge is -1.96. The van der Waals surface area contributed by atoms with E-state index in [1.165, 1.54) is 18.2 Å². The summed E-state index contributed by atoms with van der Waals surface area (Å²) >= 11 is 0. The Bertz CT molecular complexity index is 600. The fraction of sp³-hybridized carbons (Fsp3) is 0.200. The SMILES string of the molecule is CCCn1cc(/C=C/C(=O)c2cccc(O)c2)cn1. The van der Waals surface area contributed by atoms with Crippen molar-refractivity contribution in [2.24, 2.45) is 0 Å². The lowest BCUT2D eigenvalue weighted by atomic mass is 10.1. The largest absolute Gasteiger partial charge is 0.508 e. The number of aromatic nitrogens is 2. The van der Waals surface area contributed by atoms with E-state index >= 15 is 0 Å². The zero-order chi connectivity index (χ0) is 13.7. The normalized spacial score (nSPS) is 11.0. The summed E-state index contributed by atoms with van der Waals surface area (Å²) in [6.45, 7) is 2.96. The second-order valence-corrected chi connectivity index (χ2v) is 4.28. The molecule has 0 aliphatic rings. The molecule has 0 aliphatic carbocycles. The molecule has 2 aromatic rings. The molecule has 19 heavy (non-hydrogen) atoms. The van der Waals surface area contributed by atoms with Gasteiger partial charge in [-0.1, -0.05) is 19.1 Å². The van der Waals surface area contributed by atoms with Gasteiger partial charge in [0.1, 0.15) is 5.75 Å². The van der Waals surface area contributed by atoms with Gasteiger partial charge in [-0.3, -0.25) is 9.48 Å². The summed E-state index contributed by atoms with van der Waals surface area (Å²) in [5.41, 5.74) is 1.36. The molecule has 0 amide bonds. The minimum atomic E-state index is -0.140. The third-order valence-electron chi connectivity index (χ3n) is 2.66. The van der Waals surface area contributed by atoms with Crippen molar-refractivity contribution in [3.63, 3.8) is 0 Å². The van der Waals surface area contributed by atoms with E-state index < -0.39 is 0 Å². The number of phenolic OH excluding ortho intramolecular Hbond substituents is 1. The van der Waals surface area contributed by atoms with Gasteiger partial charge < -0.3 is 5.11 Å². The third-order valence-corrected chi connectivity index (χ3v) is 2.66. The van der Waals surface area contributed by atoms with Crippen molar-refractivity contribution < 1.29 is 9.90 Å². The van der Waals surface area contributed by atoms with Crippen molar-refractivity contribution in [3.8, 4) is 5.75 Å². The van der Waals surface area contributed by atoms with Crippen molar-refractivity contribution in [1.82, 2.24) is 9.78 Å². The highest BCUT2D eigenvalue weighted by molar-refractivity contribution is 6.06. The Balaban J connectivity index is 2.07. The van der Waals surface area contributed by atoms with Crippen molar-refractivity contribution >= 4 is 11.9 Å². The number of hydrogen-bond acceptors (Lipinski definition) is 3. The highest BCUT2D eigenvalue weighted by atomic mass is 16.3. The molecule has 0 saturated heterocycles. The number of aromatic hydroxyl groups is 1. The predicted octanol–water partition coefficient (Wildman–Crippen LogP) is 2.89. The number of phenols is 1. The van der Waals surface area contributed by atoms with Gasteiger partial charge in [-0.2, -0.15) is 5.10 Å². The van der Waals surface area contributed by atoms with Gasteiger partial charge in [0.05, 0.1) is 6.20 Å². The topological polar surface area (TPSA) is 55.1 Å². The number of carbonyl (C=O) groups excluding carboxylic acids is 1. The molecule has 0 fully saturated rings. The fourth-order valence-electron chi connectivity index (χ4n) is 1.74. The first-order valence-corrected chi connectivity index (χ1v) is 6.23. The van der Waals surface area contributed by atoms with Gasteiger partial charge in [-0.05, 0) is 30.7 Å². The van der Waals surface area contributed by atoms with Crippen LogP contribution in [0.2, 0.25) is 0 Å². The molecule has 0 spiro atoms. The van der Waals surface area contributed by atoms with Gasteiger partial charge in [-0.15, -0.1) is 0 Å². The van der Waals surface area contributed by atoms with E-state index in [1.54, 1.807) is 24.4 Å². The lowest BCUT2D eigenvalue weighted by Crippen LogP contribution is -1.95. The van der Waals surface area contributed by atoms with Crippen LogP contribution in [0.15, 0.2) is 42.7 Å². The smallest absolute Gasteiger partial charge is 0.185 e. The van der Waals surface area contributed by atoms with Gasteiger partial charge in [0.15, 0.2) is 5.78 Å². The summed E-state index contributed by atoms with van der Waals surface area (Å²) in [6.07, 6.45) is 7.86. The number of benzene rings is 1. The van der Waals surface area contributed by atoms with Crippen molar-refractivity contribution in [1.29, 1.82) is 0 Å². The average Bonchev–Trinajstić information content (AvgIpc) is 2.84. The first-order valence-electron chi connectivity index (χ1n) is 6.23. The maximum atomic E-state index is 11.9. The van der Waals surface area contributed by atoms with E-state index in [1.807, 2.05) is 10.9 Å². The number of allylic oxidation sites excluding steroid dienone is 1. The standard InChI is InChI=1S/C15H16N2O2/c1-2-8-17-11-12(10-16-17)6-7-15(19)13-4-3-5-14(18)9-13/h3-7,9-11,18H,2,8H2,1H3/b7-6+. The number of carbonyl (C=O) groups is 1. The second-order valence-electron chi connectivity index (χ2n) is 4.28. The van der Waals surface area contributed by atoms with Crippen LogP contribution in [0, 0.1) is 0 Å². The van der Waals surface area contributed by atoms with Crippen LogP contribution < -0.4 is 0 Å². The number of hydrogen-bond donors (Lipinski definition) is 1. The summed E-state index contributed by atoms with van der Waals surface area (Å²) in [6, 6.07) is 6.31. The molecular formula is C15H16N2O2. The molecule has 1 heterocycles. The molecule has 0 saturated carbocycles. The van der Waals surface area contributed by atoms with Gasteiger partial charge in [0.25, 0.3) is 0 Å². The van der Waals surface area contributed by atoms with Crippen LogP contribution in [-0.4, -0.2) is 20.7 Å². The highest BCUT2D eigenvalue weighted by Gasteiger charge is 2.02. The molecule has 4 nitrogen and oxygen atoms in total. The third kappa shape index (κ3) is 3.55. The summed E-state index contributed by atoms with van der Waals surface area (Å²) < 4.78 is 1.85. The first-order chi connectivity index (χ1) is 9.19. The number of aryl methyl sites for hydroxylation is 1. The molecule has 1 aromatic heterocycles. The minimum absolute atomic E-state index is 0.0926.